The summed E-state index contributed by atoms with van der Waals surface area (Å²) in [7, 11) is -4.00. The van der Waals surface area contributed by atoms with Crippen LogP contribution in [0.1, 0.15) is 12.5 Å². The molecule has 0 radical (unpaired) electrons. The molecule has 3 aromatic carbocycles. The maximum atomic E-state index is 13.4. The molecule has 9 heteroatoms. The molecule has 0 spiro atoms. The standard InChI is InChI=1S/C23H22BrClN2O4S/c1-2-31-20-11-9-19(10-12-20)27(32(29,30)21-13-7-18(24)8-14-21)16-23(28)26-15-17-5-3-4-6-22(17)25/h3-14H,2,15-16H2,1H3,(H,26,28). The van der Waals surface area contributed by atoms with Crippen LogP contribution in [0, 0.1) is 0 Å². The van der Waals surface area contributed by atoms with E-state index in [0.717, 1.165) is 14.3 Å². The van der Waals surface area contributed by atoms with Gasteiger partial charge >= 0.3 is 0 Å². The van der Waals surface area contributed by atoms with E-state index in [-0.39, 0.29) is 11.4 Å². The second kappa shape index (κ2) is 10.8. The summed E-state index contributed by atoms with van der Waals surface area (Å²) in [5.41, 5.74) is 1.09. The van der Waals surface area contributed by atoms with Crippen molar-refractivity contribution in [1.82, 2.24) is 5.32 Å². The van der Waals surface area contributed by atoms with Crippen molar-refractivity contribution in [3.8, 4) is 5.75 Å². The second-order valence-electron chi connectivity index (χ2n) is 6.76. The van der Waals surface area contributed by atoms with Crippen molar-refractivity contribution >= 4 is 49.1 Å². The number of carbonyl (C=O) groups excluding carboxylic acids is 1. The summed E-state index contributed by atoms with van der Waals surface area (Å²) in [6, 6.07) is 20.0. The summed E-state index contributed by atoms with van der Waals surface area (Å²) in [4.78, 5) is 12.8. The maximum absolute atomic E-state index is 13.4. The van der Waals surface area contributed by atoms with Crippen LogP contribution in [0.4, 0.5) is 5.69 Å². The largest absolute Gasteiger partial charge is 0.494 e. The first-order valence-electron chi connectivity index (χ1n) is 9.82. The average molecular weight is 538 g/mol. The summed E-state index contributed by atoms with van der Waals surface area (Å²) < 4.78 is 34.1. The van der Waals surface area contributed by atoms with Crippen LogP contribution in [0.15, 0.2) is 82.2 Å². The molecule has 0 unspecified atom stereocenters. The molecule has 3 aromatic rings. The van der Waals surface area contributed by atoms with Gasteiger partial charge in [-0.05, 0) is 67.1 Å². The molecule has 1 N–H and O–H groups in total. The molecule has 32 heavy (non-hydrogen) atoms. The van der Waals surface area contributed by atoms with Crippen LogP contribution in [-0.2, 0) is 21.4 Å². The fourth-order valence-electron chi connectivity index (χ4n) is 2.95. The quantitative estimate of drug-likeness (QED) is 0.416. The maximum Gasteiger partial charge on any atom is 0.264 e. The van der Waals surface area contributed by atoms with E-state index in [1.807, 2.05) is 13.0 Å². The molecule has 6 nitrogen and oxygen atoms in total. The number of anilines is 1. The zero-order valence-corrected chi connectivity index (χ0v) is 20.5. The minimum Gasteiger partial charge on any atom is -0.494 e. The van der Waals surface area contributed by atoms with Crippen molar-refractivity contribution < 1.29 is 17.9 Å². The monoisotopic (exact) mass is 536 g/mol. The fourth-order valence-corrected chi connectivity index (χ4v) is 4.83. The van der Waals surface area contributed by atoms with Crippen LogP contribution in [0.5, 0.6) is 5.75 Å². The van der Waals surface area contributed by atoms with E-state index < -0.39 is 22.5 Å². The van der Waals surface area contributed by atoms with Gasteiger partial charge in [0, 0.05) is 16.0 Å². The van der Waals surface area contributed by atoms with Crippen LogP contribution in [0.25, 0.3) is 0 Å². The summed E-state index contributed by atoms with van der Waals surface area (Å²) in [6.07, 6.45) is 0. The van der Waals surface area contributed by atoms with Crippen molar-refractivity contribution in [3.63, 3.8) is 0 Å². The lowest BCUT2D eigenvalue weighted by Crippen LogP contribution is -2.40. The van der Waals surface area contributed by atoms with Gasteiger partial charge in [-0.2, -0.15) is 0 Å². The predicted octanol–water partition coefficient (Wildman–Crippen LogP) is 5.01. The second-order valence-corrected chi connectivity index (χ2v) is 9.95. The van der Waals surface area contributed by atoms with Crippen molar-refractivity contribution in [2.45, 2.75) is 18.4 Å². The Hall–Kier alpha value is -2.55. The van der Waals surface area contributed by atoms with Gasteiger partial charge < -0.3 is 10.1 Å². The van der Waals surface area contributed by atoms with Crippen molar-refractivity contribution in [2.24, 2.45) is 0 Å². The summed E-state index contributed by atoms with van der Waals surface area (Å²) in [5, 5.41) is 3.27. The minimum absolute atomic E-state index is 0.0773. The Morgan fingerprint density at radius 2 is 1.69 bits per heavy atom. The first kappa shape index (κ1) is 24.1. The molecule has 168 valence electrons. The van der Waals surface area contributed by atoms with Gasteiger partial charge in [0.25, 0.3) is 10.0 Å². The molecule has 0 fully saturated rings. The number of sulfonamides is 1. The minimum atomic E-state index is -4.00. The van der Waals surface area contributed by atoms with E-state index in [4.69, 9.17) is 16.3 Å². The van der Waals surface area contributed by atoms with E-state index in [1.54, 1.807) is 54.6 Å². The van der Waals surface area contributed by atoms with Gasteiger partial charge in [0.1, 0.15) is 12.3 Å². The SMILES string of the molecule is CCOc1ccc(N(CC(=O)NCc2ccccc2Cl)S(=O)(=O)c2ccc(Br)cc2)cc1. The number of ether oxygens (including phenoxy) is 1. The Kier molecular flexibility index (Phi) is 8.17. The highest BCUT2D eigenvalue weighted by Gasteiger charge is 2.27. The molecule has 3 rings (SSSR count). The van der Waals surface area contributed by atoms with Gasteiger partial charge in [0.05, 0.1) is 17.2 Å². The Morgan fingerprint density at radius 3 is 2.31 bits per heavy atom. The van der Waals surface area contributed by atoms with Gasteiger partial charge in [-0.3, -0.25) is 9.10 Å². The molecule has 0 heterocycles. The van der Waals surface area contributed by atoms with E-state index in [2.05, 4.69) is 21.2 Å². The topological polar surface area (TPSA) is 75.7 Å². The number of carbonyl (C=O) groups is 1. The molecule has 0 aliphatic carbocycles. The molecule has 0 saturated heterocycles. The molecule has 0 saturated carbocycles. The van der Waals surface area contributed by atoms with Crippen molar-refractivity contribution in [1.29, 1.82) is 0 Å². The number of halogens is 2. The Morgan fingerprint density at radius 1 is 1.03 bits per heavy atom. The molecule has 0 aliphatic heterocycles. The normalized spacial score (nSPS) is 11.1. The van der Waals surface area contributed by atoms with Crippen LogP contribution < -0.4 is 14.4 Å². The van der Waals surface area contributed by atoms with Crippen LogP contribution in [0.2, 0.25) is 5.02 Å². The van der Waals surface area contributed by atoms with Gasteiger partial charge in [0.15, 0.2) is 0 Å². The summed E-state index contributed by atoms with van der Waals surface area (Å²) >= 11 is 9.45. The highest BCUT2D eigenvalue weighted by molar-refractivity contribution is 9.10. The van der Waals surface area contributed by atoms with Crippen LogP contribution >= 0.6 is 27.5 Å². The number of hydrogen-bond donors (Lipinski definition) is 1. The fraction of sp³-hybridized carbons (Fsp3) is 0.174. The predicted molar refractivity (Wildman–Crippen MR) is 130 cm³/mol. The summed E-state index contributed by atoms with van der Waals surface area (Å²) in [5.74, 6) is 0.153. The third-order valence-electron chi connectivity index (χ3n) is 4.56. The van der Waals surface area contributed by atoms with Crippen LogP contribution in [-0.4, -0.2) is 27.5 Å². The first-order valence-corrected chi connectivity index (χ1v) is 12.4. The molecular formula is C23H22BrClN2O4S. The van der Waals surface area contributed by atoms with Gasteiger partial charge in [-0.1, -0.05) is 45.7 Å². The lowest BCUT2D eigenvalue weighted by Gasteiger charge is -2.24. The number of hydrogen-bond acceptors (Lipinski definition) is 4. The van der Waals surface area contributed by atoms with Gasteiger partial charge in [0.2, 0.25) is 5.91 Å². The molecule has 0 atom stereocenters. The van der Waals surface area contributed by atoms with Gasteiger partial charge in [-0.25, -0.2) is 8.42 Å². The highest BCUT2D eigenvalue weighted by atomic mass is 79.9. The third-order valence-corrected chi connectivity index (χ3v) is 7.24. The molecule has 0 aromatic heterocycles. The van der Waals surface area contributed by atoms with Crippen molar-refractivity contribution in [2.75, 3.05) is 17.5 Å². The average Bonchev–Trinajstić information content (AvgIpc) is 2.78. The highest BCUT2D eigenvalue weighted by Crippen LogP contribution is 2.26. The van der Waals surface area contributed by atoms with E-state index in [1.165, 1.54) is 12.1 Å². The van der Waals surface area contributed by atoms with E-state index in [9.17, 15) is 13.2 Å². The Bertz CT molecular complexity index is 1170. The molecule has 0 aliphatic rings. The third kappa shape index (κ3) is 6.03. The number of nitrogens with zero attached hydrogens (tertiary/aromatic N) is 1. The number of nitrogens with one attached hydrogen (secondary N) is 1. The zero-order valence-electron chi connectivity index (χ0n) is 17.3. The van der Waals surface area contributed by atoms with Crippen LogP contribution in [0.3, 0.4) is 0 Å². The molecule has 0 bridgehead atoms. The van der Waals surface area contributed by atoms with E-state index >= 15 is 0 Å². The lowest BCUT2D eigenvalue weighted by molar-refractivity contribution is -0.119. The Balaban J connectivity index is 1.86. The zero-order chi connectivity index (χ0) is 23.1. The molecular weight excluding hydrogens is 516 g/mol. The lowest BCUT2D eigenvalue weighted by atomic mass is 10.2. The smallest absolute Gasteiger partial charge is 0.264 e. The summed E-state index contributed by atoms with van der Waals surface area (Å²) in [6.45, 7) is 2.15. The number of benzene rings is 3. The molecule has 1 amide bonds. The number of rotatable bonds is 9. The van der Waals surface area contributed by atoms with Gasteiger partial charge in [-0.15, -0.1) is 0 Å². The first-order chi connectivity index (χ1) is 15.3. The van der Waals surface area contributed by atoms with Crippen molar-refractivity contribution in [3.05, 3.63) is 87.9 Å². The number of amides is 1. The van der Waals surface area contributed by atoms with E-state index in [0.29, 0.717) is 23.1 Å². The Labute approximate surface area is 201 Å².